The Bertz CT molecular complexity index is 643. The fourth-order valence-electron chi connectivity index (χ4n) is 2.61. The highest BCUT2D eigenvalue weighted by atomic mass is 16.5. The predicted octanol–water partition coefficient (Wildman–Crippen LogP) is 3.81. The number of fused-ring (bicyclic) bond motifs is 1. The first kappa shape index (κ1) is 14.0. The van der Waals surface area contributed by atoms with Gasteiger partial charge in [-0.15, -0.1) is 0 Å². The van der Waals surface area contributed by atoms with Gasteiger partial charge in [0, 0.05) is 11.3 Å². The van der Waals surface area contributed by atoms with E-state index < -0.39 is 0 Å². The lowest BCUT2D eigenvalue weighted by molar-refractivity contribution is -0.128. The van der Waals surface area contributed by atoms with Gasteiger partial charge in [0.25, 0.3) is 0 Å². The van der Waals surface area contributed by atoms with Crippen molar-refractivity contribution in [3.63, 3.8) is 0 Å². The second-order valence-electron chi connectivity index (χ2n) is 5.61. The number of para-hydroxylation sites is 1. The van der Waals surface area contributed by atoms with Gasteiger partial charge in [-0.1, -0.05) is 18.6 Å². The van der Waals surface area contributed by atoms with E-state index in [1.54, 1.807) is 0 Å². The third-order valence-corrected chi connectivity index (χ3v) is 4.09. The van der Waals surface area contributed by atoms with Crippen LogP contribution in [0.15, 0.2) is 28.7 Å². The molecule has 2 aromatic rings. The lowest BCUT2D eigenvalue weighted by atomic mass is 9.84. The summed E-state index contributed by atoms with van der Waals surface area (Å²) in [5.74, 6) is 1.85. The average molecular weight is 287 g/mol. The number of benzene rings is 1. The van der Waals surface area contributed by atoms with Gasteiger partial charge >= 0.3 is 0 Å². The highest BCUT2D eigenvalue weighted by Gasteiger charge is 2.27. The third kappa shape index (κ3) is 2.75. The Kier molecular flexibility index (Phi) is 3.86. The van der Waals surface area contributed by atoms with Crippen LogP contribution in [0.25, 0.3) is 11.0 Å². The molecule has 1 unspecified atom stereocenters. The molecule has 1 aromatic heterocycles. The van der Waals surface area contributed by atoms with E-state index in [-0.39, 0.29) is 17.9 Å². The van der Waals surface area contributed by atoms with Crippen LogP contribution in [-0.4, -0.2) is 12.5 Å². The zero-order chi connectivity index (χ0) is 14.8. The van der Waals surface area contributed by atoms with Gasteiger partial charge in [0.2, 0.25) is 5.91 Å². The maximum Gasteiger partial charge on any atom is 0.223 e. The molecule has 1 N–H and O–H groups in total. The van der Waals surface area contributed by atoms with Crippen LogP contribution in [0.4, 0.5) is 0 Å². The van der Waals surface area contributed by atoms with Crippen molar-refractivity contribution in [3.8, 4) is 5.75 Å². The molecule has 1 heterocycles. The minimum atomic E-state index is -0.125. The first-order valence-electron chi connectivity index (χ1n) is 7.64. The van der Waals surface area contributed by atoms with E-state index in [2.05, 4.69) is 5.32 Å². The molecule has 112 valence electrons. The summed E-state index contributed by atoms with van der Waals surface area (Å²) in [7, 11) is 0. The Hall–Kier alpha value is -1.97. The maximum absolute atomic E-state index is 12.0. The van der Waals surface area contributed by atoms with E-state index >= 15 is 0 Å². The molecule has 3 rings (SSSR count). The van der Waals surface area contributed by atoms with E-state index in [0.717, 1.165) is 41.7 Å². The van der Waals surface area contributed by atoms with Crippen molar-refractivity contribution in [2.75, 3.05) is 6.61 Å². The van der Waals surface area contributed by atoms with Gasteiger partial charge in [-0.3, -0.25) is 4.79 Å². The summed E-state index contributed by atoms with van der Waals surface area (Å²) in [5.41, 5.74) is 0.749. The summed E-state index contributed by atoms with van der Waals surface area (Å²) < 4.78 is 11.5. The molecule has 1 aromatic carbocycles. The minimum Gasteiger partial charge on any atom is -0.490 e. The number of carbonyl (C=O) groups excluding carboxylic acids is 1. The Morgan fingerprint density at radius 2 is 2.29 bits per heavy atom. The number of ether oxygens (including phenoxy) is 1. The topological polar surface area (TPSA) is 51.5 Å². The fourth-order valence-corrected chi connectivity index (χ4v) is 2.61. The number of rotatable bonds is 5. The molecule has 1 aliphatic rings. The molecule has 1 saturated carbocycles. The quantitative estimate of drug-likeness (QED) is 0.909. The number of hydrogen-bond donors (Lipinski definition) is 1. The lowest BCUT2D eigenvalue weighted by Crippen LogP contribution is -2.35. The summed E-state index contributed by atoms with van der Waals surface area (Å²) in [4.78, 5) is 12.0. The van der Waals surface area contributed by atoms with Crippen LogP contribution in [0, 0.1) is 5.92 Å². The third-order valence-electron chi connectivity index (χ3n) is 4.09. The summed E-state index contributed by atoms with van der Waals surface area (Å²) in [6.45, 7) is 4.50. The maximum atomic E-state index is 12.0. The van der Waals surface area contributed by atoms with E-state index in [4.69, 9.17) is 9.15 Å². The number of carbonyl (C=O) groups is 1. The van der Waals surface area contributed by atoms with Gasteiger partial charge in [0.15, 0.2) is 11.3 Å². The number of hydrogen-bond acceptors (Lipinski definition) is 3. The number of nitrogens with one attached hydrogen (secondary N) is 1. The molecule has 0 aliphatic heterocycles. The van der Waals surface area contributed by atoms with Crippen molar-refractivity contribution in [3.05, 3.63) is 30.0 Å². The molecule has 1 fully saturated rings. The molecule has 0 spiro atoms. The largest absolute Gasteiger partial charge is 0.490 e. The SMILES string of the molecule is CCOc1cccc2cc(C(C)NC(=O)C3CCC3)oc12. The number of furan rings is 1. The van der Waals surface area contributed by atoms with Gasteiger partial charge in [-0.2, -0.15) is 0 Å². The molecule has 1 atom stereocenters. The highest BCUT2D eigenvalue weighted by Crippen LogP contribution is 2.32. The summed E-state index contributed by atoms with van der Waals surface area (Å²) in [5, 5.41) is 4.04. The van der Waals surface area contributed by atoms with Crippen LogP contribution in [0.2, 0.25) is 0 Å². The number of amides is 1. The van der Waals surface area contributed by atoms with Crippen LogP contribution in [-0.2, 0) is 4.79 Å². The van der Waals surface area contributed by atoms with Crippen LogP contribution < -0.4 is 10.1 Å². The summed E-state index contributed by atoms with van der Waals surface area (Å²) >= 11 is 0. The van der Waals surface area contributed by atoms with E-state index in [1.165, 1.54) is 0 Å². The molecule has 1 aliphatic carbocycles. The highest BCUT2D eigenvalue weighted by molar-refractivity contribution is 5.84. The molecule has 0 saturated heterocycles. The molecule has 1 amide bonds. The van der Waals surface area contributed by atoms with Gasteiger partial charge in [-0.05, 0) is 38.8 Å². The zero-order valence-electron chi connectivity index (χ0n) is 12.5. The van der Waals surface area contributed by atoms with Crippen molar-refractivity contribution < 1.29 is 13.9 Å². The van der Waals surface area contributed by atoms with Crippen molar-refractivity contribution in [1.29, 1.82) is 0 Å². The predicted molar refractivity (Wildman–Crippen MR) is 81.3 cm³/mol. The van der Waals surface area contributed by atoms with E-state index in [0.29, 0.717) is 6.61 Å². The standard InChI is InChI=1S/C17H21NO3/c1-3-20-14-9-5-8-13-10-15(21-16(13)14)11(2)18-17(19)12-6-4-7-12/h5,8-12H,3-4,6-7H2,1-2H3,(H,18,19). The van der Waals surface area contributed by atoms with Gasteiger partial charge in [0.1, 0.15) is 5.76 Å². The lowest BCUT2D eigenvalue weighted by Gasteiger charge is -2.25. The molecular formula is C17H21NO3. The first-order valence-corrected chi connectivity index (χ1v) is 7.64. The van der Waals surface area contributed by atoms with Gasteiger partial charge in [-0.25, -0.2) is 0 Å². The summed E-state index contributed by atoms with van der Waals surface area (Å²) in [6.07, 6.45) is 3.18. The van der Waals surface area contributed by atoms with Crippen LogP contribution in [0.5, 0.6) is 5.75 Å². The van der Waals surface area contributed by atoms with Gasteiger partial charge < -0.3 is 14.5 Å². The van der Waals surface area contributed by atoms with E-state index in [9.17, 15) is 4.79 Å². The van der Waals surface area contributed by atoms with Crippen LogP contribution >= 0.6 is 0 Å². The second kappa shape index (κ2) is 5.80. The fraction of sp³-hybridized carbons (Fsp3) is 0.471. The van der Waals surface area contributed by atoms with Crippen molar-refractivity contribution in [2.24, 2.45) is 5.92 Å². The van der Waals surface area contributed by atoms with Gasteiger partial charge in [0.05, 0.1) is 12.6 Å². The Morgan fingerprint density at radius 1 is 1.48 bits per heavy atom. The molecular weight excluding hydrogens is 266 g/mol. The van der Waals surface area contributed by atoms with Crippen molar-refractivity contribution >= 4 is 16.9 Å². The van der Waals surface area contributed by atoms with E-state index in [1.807, 2.05) is 38.1 Å². The average Bonchev–Trinajstić information content (AvgIpc) is 2.82. The molecule has 0 radical (unpaired) electrons. The second-order valence-corrected chi connectivity index (χ2v) is 5.61. The minimum absolute atomic E-state index is 0.125. The molecule has 0 bridgehead atoms. The Labute approximate surface area is 124 Å². The van der Waals surface area contributed by atoms with Crippen LogP contribution in [0.1, 0.15) is 44.9 Å². The first-order chi connectivity index (χ1) is 10.2. The van der Waals surface area contributed by atoms with Crippen molar-refractivity contribution in [2.45, 2.75) is 39.2 Å². The molecule has 4 heteroatoms. The Balaban J connectivity index is 1.79. The summed E-state index contributed by atoms with van der Waals surface area (Å²) in [6, 6.07) is 7.69. The molecule has 4 nitrogen and oxygen atoms in total. The Morgan fingerprint density at radius 3 is 2.95 bits per heavy atom. The smallest absolute Gasteiger partial charge is 0.223 e. The molecule has 21 heavy (non-hydrogen) atoms. The monoisotopic (exact) mass is 287 g/mol. The normalized spacial score (nSPS) is 16.5. The van der Waals surface area contributed by atoms with Crippen molar-refractivity contribution in [1.82, 2.24) is 5.32 Å². The van der Waals surface area contributed by atoms with Crippen LogP contribution in [0.3, 0.4) is 0 Å². The zero-order valence-corrected chi connectivity index (χ0v) is 12.5.